The molecule has 3 aliphatic carbocycles. The van der Waals surface area contributed by atoms with Gasteiger partial charge in [0.2, 0.25) is 5.91 Å². The number of carbonyl (C=O) groups is 5. The molecule has 8 heteroatoms. The van der Waals surface area contributed by atoms with Crippen LogP contribution in [0.3, 0.4) is 0 Å². The minimum atomic E-state index is -2.66. The van der Waals surface area contributed by atoms with Crippen molar-refractivity contribution in [2.45, 2.75) is 45.1 Å². The lowest BCUT2D eigenvalue weighted by Gasteiger charge is -2.48. The minimum Gasteiger partial charge on any atom is -0.507 e. The summed E-state index contributed by atoms with van der Waals surface area (Å²) in [6.07, 6.45) is 0.833. The lowest BCUT2D eigenvalue weighted by Crippen LogP contribution is -2.68. The quantitative estimate of drug-likeness (QED) is 0.419. The molecule has 5 atom stereocenters. The Morgan fingerprint density at radius 2 is 1.63 bits per heavy atom. The van der Waals surface area contributed by atoms with Crippen LogP contribution in [0.1, 0.15) is 48.2 Å². The van der Waals surface area contributed by atoms with E-state index in [1.54, 1.807) is 6.07 Å². The van der Waals surface area contributed by atoms with Gasteiger partial charge in [-0.3, -0.25) is 24.0 Å². The second-order valence-electron chi connectivity index (χ2n) is 12.1. The van der Waals surface area contributed by atoms with Gasteiger partial charge in [0.15, 0.2) is 34.7 Å². The standard InChI is InChI=1S/C33H31NO7/c1-15(2)11-16-7-8-21(20-6-4-3-5-19(16)20)22-9-10-24(35)27-23(22)13-17-12-18-14-25(36)28(32(34)40)31(39)33(18,41)30(38)26(17)29(27)37/h3-10,15,17-18,26,28,35,41H,11-14H2,1-2H3,(H2,34,40)/t17-,18+,26?,28?,33+/m1/s1. The zero-order valence-electron chi connectivity index (χ0n) is 22.8. The zero-order chi connectivity index (χ0) is 29.4. The fraction of sp³-hybridized carbons (Fsp3) is 0.364. The Bertz CT molecular complexity index is 1690. The van der Waals surface area contributed by atoms with Gasteiger partial charge in [-0.1, -0.05) is 56.3 Å². The molecule has 2 saturated carbocycles. The molecule has 3 aliphatic rings. The van der Waals surface area contributed by atoms with Gasteiger partial charge < -0.3 is 15.9 Å². The monoisotopic (exact) mass is 553 g/mol. The van der Waals surface area contributed by atoms with Crippen LogP contribution in [0.25, 0.3) is 21.9 Å². The first-order valence-corrected chi connectivity index (χ1v) is 14.0. The lowest BCUT2D eigenvalue weighted by atomic mass is 9.53. The number of rotatable bonds is 4. The predicted octanol–water partition coefficient (Wildman–Crippen LogP) is 3.35. The van der Waals surface area contributed by atoms with Crippen LogP contribution in [-0.4, -0.2) is 44.9 Å². The van der Waals surface area contributed by atoms with Crippen molar-refractivity contribution in [2.24, 2.45) is 35.3 Å². The summed E-state index contributed by atoms with van der Waals surface area (Å²) in [5.74, 6) is -9.68. The van der Waals surface area contributed by atoms with Crippen molar-refractivity contribution in [2.75, 3.05) is 0 Å². The third-order valence-electron chi connectivity index (χ3n) is 9.22. The number of carbonyl (C=O) groups excluding carboxylic acids is 5. The average Bonchev–Trinajstić information content (AvgIpc) is 2.91. The van der Waals surface area contributed by atoms with Crippen molar-refractivity contribution in [3.63, 3.8) is 0 Å². The number of aromatic hydroxyl groups is 1. The summed E-state index contributed by atoms with van der Waals surface area (Å²) in [6.45, 7) is 4.32. The normalized spacial score (nSPS) is 27.5. The number of fused-ring (bicyclic) bond motifs is 4. The molecule has 4 N–H and O–H groups in total. The predicted molar refractivity (Wildman–Crippen MR) is 150 cm³/mol. The van der Waals surface area contributed by atoms with E-state index in [4.69, 9.17) is 5.73 Å². The van der Waals surface area contributed by atoms with Crippen LogP contribution >= 0.6 is 0 Å². The van der Waals surface area contributed by atoms with Gasteiger partial charge in [0.1, 0.15) is 5.75 Å². The van der Waals surface area contributed by atoms with Crippen molar-refractivity contribution in [3.8, 4) is 16.9 Å². The molecule has 2 fully saturated rings. The highest BCUT2D eigenvalue weighted by molar-refractivity contribution is 6.31. The minimum absolute atomic E-state index is 0.000254. The Morgan fingerprint density at radius 1 is 0.951 bits per heavy atom. The second kappa shape index (κ2) is 9.45. The van der Waals surface area contributed by atoms with Crippen LogP contribution in [0.15, 0.2) is 48.5 Å². The number of ketones is 4. The first-order chi connectivity index (χ1) is 19.4. The number of hydrogen-bond donors (Lipinski definition) is 3. The van der Waals surface area contributed by atoms with Crippen LogP contribution in [-0.2, 0) is 32.0 Å². The van der Waals surface area contributed by atoms with E-state index in [9.17, 15) is 34.2 Å². The summed E-state index contributed by atoms with van der Waals surface area (Å²) >= 11 is 0. The third-order valence-corrected chi connectivity index (χ3v) is 9.22. The van der Waals surface area contributed by atoms with Crippen LogP contribution in [0.5, 0.6) is 5.75 Å². The molecule has 0 heterocycles. The van der Waals surface area contributed by atoms with Gasteiger partial charge in [-0.25, -0.2) is 0 Å². The maximum absolute atomic E-state index is 13.9. The third kappa shape index (κ3) is 3.88. The number of primary amides is 1. The van der Waals surface area contributed by atoms with E-state index in [0.29, 0.717) is 11.5 Å². The topological polar surface area (TPSA) is 152 Å². The van der Waals surface area contributed by atoms with Crippen LogP contribution in [0.4, 0.5) is 0 Å². The van der Waals surface area contributed by atoms with E-state index in [1.165, 1.54) is 11.6 Å². The molecule has 1 amide bonds. The van der Waals surface area contributed by atoms with Gasteiger partial charge in [-0.2, -0.15) is 0 Å². The van der Waals surface area contributed by atoms with E-state index >= 15 is 0 Å². The van der Waals surface area contributed by atoms with E-state index in [0.717, 1.165) is 28.3 Å². The van der Waals surface area contributed by atoms with Crippen molar-refractivity contribution in [3.05, 3.63) is 65.2 Å². The summed E-state index contributed by atoms with van der Waals surface area (Å²) in [6, 6.07) is 15.4. The molecular weight excluding hydrogens is 522 g/mol. The Balaban J connectivity index is 1.48. The Morgan fingerprint density at radius 3 is 2.32 bits per heavy atom. The highest BCUT2D eigenvalue weighted by Crippen LogP contribution is 2.51. The maximum Gasteiger partial charge on any atom is 0.235 e. The summed E-state index contributed by atoms with van der Waals surface area (Å²) in [5, 5.41) is 24.4. The molecule has 0 radical (unpaired) electrons. The highest BCUT2D eigenvalue weighted by atomic mass is 16.3. The SMILES string of the molecule is CC(C)Cc1ccc(-c2ccc(O)c3c2C[C@H]2C[C@H]4CC(=O)C(C(N)=O)C(=O)[C@@]4(O)C(=O)C2C3=O)c2ccccc12. The van der Waals surface area contributed by atoms with E-state index in [2.05, 4.69) is 26.0 Å². The van der Waals surface area contributed by atoms with Gasteiger partial charge in [0, 0.05) is 12.3 Å². The molecule has 3 aromatic carbocycles. The fourth-order valence-corrected chi connectivity index (χ4v) is 7.43. The first-order valence-electron chi connectivity index (χ1n) is 14.0. The fourth-order valence-electron chi connectivity index (χ4n) is 7.43. The molecule has 210 valence electrons. The van der Waals surface area contributed by atoms with Crippen molar-refractivity contribution >= 4 is 39.8 Å². The maximum atomic E-state index is 13.9. The molecular formula is C33H31NO7. The molecule has 0 spiro atoms. The number of Topliss-reactive ketones (excluding diaryl/α,β-unsaturated/α-hetero) is 4. The number of amides is 1. The van der Waals surface area contributed by atoms with Gasteiger partial charge >= 0.3 is 0 Å². The zero-order valence-corrected chi connectivity index (χ0v) is 22.8. The summed E-state index contributed by atoms with van der Waals surface area (Å²) in [4.78, 5) is 65.3. The van der Waals surface area contributed by atoms with Crippen molar-refractivity contribution < 1.29 is 34.2 Å². The number of nitrogens with two attached hydrogens (primary N) is 1. The Labute approximate surface area is 236 Å². The van der Waals surface area contributed by atoms with Crippen molar-refractivity contribution in [1.82, 2.24) is 0 Å². The van der Waals surface area contributed by atoms with Gasteiger partial charge in [0.05, 0.1) is 11.5 Å². The van der Waals surface area contributed by atoms with Gasteiger partial charge in [0.25, 0.3) is 0 Å². The van der Waals surface area contributed by atoms with Crippen LogP contribution < -0.4 is 5.73 Å². The van der Waals surface area contributed by atoms with Crippen molar-refractivity contribution in [1.29, 1.82) is 0 Å². The molecule has 0 bridgehead atoms. The summed E-state index contributed by atoms with van der Waals surface area (Å²) in [5.41, 5.74) is 6.06. The number of benzene rings is 3. The summed E-state index contributed by atoms with van der Waals surface area (Å²) < 4.78 is 0. The van der Waals surface area contributed by atoms with Gasteiger partial charge in [-0.15, -0.1) is 0 Å². The average molecular weight is 554 g/mol. The molecule has 0 saturated heterocycles. The summed E-state index contributed by atoms with van der Waals surface area (Å²) in [7, 11) is 0. The van der Waals surface area contributed by atoms with E-state index < -0.39 is 58.3 Å². The van der Waals surface area contributed by atoms with E-state index in [-0.39, 0.29) is 30.6 Å². The van der Waals surface area contributed by atoms with Crippen LogP contribution in [0, 0.1) is 29.6 Å². The molecule has 0 aliphatic heterocycles. The Kier molecular flexibility index (Phi) is 6.23. The first kappa shape index (κ1) is 27.0. The molecule has 2 unspecified atom stereocenters. The second-order valence-corrected chi connectivity index (χ2v) is 12.1. The number of phenolic OH excluding ortho intramolecular Hbond substituents is 1. The molecule has 6 rings (SSSR count). The smallest absolute Gasteiger partial charge is 0.235 e. The van der Waals surface area contributed by atoms with E-state index in [1.807, 2.05) is 24.3 Å². The molecule has 0 aromatic heterocycles. The number of hydrogen-bond acceptors (Lipinski definition) is 7. The van der Waals surface area contributed by atoms with Gasteiger partial charge in [-0.05, 0) is 70.2 Å². The molecule has 8 nitrogen and oxygen atoms in total. The lowest BCUT2D eigenvalue weighted by molar-refractivity contribution is -0.175. The number of phenols is 1. The van der Waals surface area contributed by atoms with Crippen LogP contribution in [0.2, 0.25) is 0 Å². The highest BCUT2D eigenvalue weighted by Gasteiger charge is 2.66. The molecule has 41 heavy (non-hydrogen) atoms. The Hall–Kier alpha value is -4.17. The number of aliphatic hydroxyl groups is 1. The molecule has 3 aromatic rings. The largest absolute Gasteiger partial charge is 0.507 e.